The van der Waals surface area contributed by atoms with Gasteiger partial charge in [-0.3, -0.25) is 20.0 Å². The molecule has 3 aromatic rings. The van der Waals surface area contributed by atoms with Crippen molar-refractivity contribution in [2.24, 2.45) is 0 Å². The average molecular weight is 377 g/mol. The highest BCUT2D eigenvalue weighted by Crippen LogP contribution is 2.32. The smallest absolute Gasteiger partial charge is 0.259 e. The van der Waals surface area contributed by atoms with E-state index in [1.54, 1.807) is 24.5 Å². The first-order chi connectivity index (χ1) is 13.4. The number of pyridine rings is 1. The van der Waals surface area contributed by atoms with Crippen molar-refractivity contribution in [2.45, 2.75) is 45.2 Å². The number of benzene rings is 1. The Labute approximate surface area is 165 Å². The molecular formula is C22H27N5O. The minimum absolute atomic E-state index is 0.119. The van der Waals surface area contributed by atoms with Gasteiger partial charge in [-0.05, 0) is 64.4 Å². The Morgan fingerprint density at radius 1 is 1.18 bits per heavy atom. The molecule has 1 N–H and O–H groups in total. The largest absolute Gasteiger partial charge is 0.306 e. The number of aromatic nitrogens is 3. The molecule has 0 bridgehead atoms. The van der Waals surface area contributed by atoms with Gasteiger partial charge in [0.15, 0.2) is 0 Å². The van der Waals surface area contributed by atoms with Crippen LogP contribution in [-0.4, -0.2) is 44.0 Å². The molecular weight excluding hydrogens is 350 g/mol. The van der Waals surface area contributed by atoms with Crippen LogP contribution in [0.3, 0.4) is 0 Å². The van der Waals surface area contributed by atoms with Crippen molar-refractivity contribution < 1.29 is 4.79 Å². The van der Waals surface area contributed by atoms with Crippen LogP contribution in [0.15, 0.2) is 48.8 Å². The summed E-state index contributed by atoms with van der Waals surface area (Å²) in [5.41, 5.74) is 2.61. The highest BCUT2D eigenvalue weighted by molar-refractivity contribution is 6.03. The third-order valence-corrected chi connectivity index (χ3v) is 5.46. The van der Waals surface area contributed by atoms with E-state index in [2.05, 4.69) is 46.6 Å². The van der Waals surface area contributed by atoms with Gasteiger partial charge in [0.05, 0.1) is 16.6 Å². The van der Waals surface area contributed by atoms with E-state index >= 15 is 0 Å². The van der Waals surface area contributed by atoms with Gasteiger partial charge < -0.3 is 4.57 Å². The summed E-state index contributed by atoms with van der Waals surface area (Å²) in [6.07, 6.45) is 5.44. The number of hydrogen-bond donors (Lipinski definition) is 1. The first-order valence-electron chi connectivity index (χ1n) is 9.87. The quantitative estimate of drug-likeness (QED) is 0.746. The van der Waals surface area contributed by atoms with Crippen LogP contribution in [0, 0.1) is 0 Å². The number of anilines is 1. The number of hydrogen-bond acceptors (Lipinski definition) is 4. The van der Waals surface area contributed by atoms with Gasteiger partial charge in [0.25, 0.3) is 5.91 Å². The van der Waals surface area contributed by atoms with Gasteiger partial charge in [-0.15, -0.1) is 0 Å². The molecule has 1 fully saturated rings. The number of rotatable bonds is 3. The minimum Gasteiger partial charge on any atom is -0.306 e. The topological polar surface area (TPSA) is 63.0 Å². The van der Waals surface area contributed by atoms with Crippen LogP contribution in [0.1, 0.15) is 50.0 Å². The molecule has 3 heterocycles. The molecule has 1 amide bonds. The molecule has 4 rings (SSSR count). The van der Waals surface area contributed by atoms with E-state index in [0.29, 0.717) is 11.5 Å². The molecule has 0 saturated carbocycles. The predicted octanol–water partition coefficient (Wildman–Crippen LogP) is 4.12. The fourth-order valence-corrected chi connectivity index (χ4v) is 3.95. The van der Waals surface area contributed by atoms with Crippen LogP contribution in [0.25, 0.3) is 11.0 Å². The van der Waals surface area contributed by atoms with Crippen LogP contribution in [0.5, 0.6) is 0 Å². The molecule has 0 spiro atoms. The van der Waals surface area contributed by atoms with Crippen molar-refractivity contribution in [1.82, 2.24) is 19.4 Å². The molecule has 6 nitrogen and oxygen atoms in total. The van der Waals surface area contributed by atoms with E-state index in [0.717, 1.165) is 37.0 Å². The molecule has 1 aliphatic heterocycles. The first kappa shape index (κ1) is 18.6. The van der Waals surface area contributed by atoms with Crippen molar-refractivity contribution in [3.8, 4) is 0 Å². The number of nitrogens with one attached hydrogen (secondary N) is 1. The Morgan fingerprint density at radius 3 is 2.75 bits per heavy atom. The fraction of sp³-hybridized carbons (Fsp3) is 0.409. The second kappa shape index (κ2) is 7.36. The van der Waals surface area contributed by atoms with Crippen LogP contribution in [0.2, 0.25) is 0 Å². The Hall–Kier alpha value is -2.73. The van der Waals surface area contributed by atoms with Crippen molar-refractivity contribution in [2.75, 3.05) is 18.4 Å². The van der Waals surface area contributed by atoms with E-state index in [-0.39, 0.29) is 17.5 Å². The molecule has 28 heavy (non-hydrogen) atoms. The lowest BCUT2D eigenvalue weighted by Crippen LogP contribution is -2.47. The summed E-state index contributed by atoms with van der Waals surface area (Å²) in [6, 6.07) is 11.9. The number of para-hydroxylation sites is 2. The Kier molecular flexibility index (Phi) is 4.89. The number of carbonyl (C=O) groups excluding carboxylic acids is 1. The van der Waals surface area contributed by atoms with Crippen molar-refractivity contribution >= 4 is 22.9 Å². The normalized spacial score (nSPS) is 18.3. The van der Waals surface area contributed by atoms with Gasteiger partial charge in [-0.2, -0.15) is 0 Å². The summed E-state index contributed by atoms with van der Waals surface area (Å²) in [4.78, 5) is 24.0. The number of carbonyl (C=O) groups is 1. The third kappa shape index (κ3) is 3.64. The summed E-state index contributed by atoms with van der Waals surface area (Å²) in [5, 5.41) is 3.02. The van der Waals surface area contributed by atoms with Crippen LogP contribution in [-0.2, 0) is 0 Å². The molecule has 0 radical (unpaired) electrons. The van der Waals surface area contributed by atoms with Gasteiger partial charge in [-0.1, -0.05) is 12.1 Å². The van der Waals surface area contributed by atoms with E-state index in [1.165, 1.54) is 0 Å². The van der Waals surface area contributed by atoms with Gasteiger partial charge >= 0.3 is 0 Å². The van der Waals surface area contributed by atoms with Crippen molar-refractivity contribution in [3.05, 3.63) is 54.4 Å². The fourth-order valence-electron chi connectivity index (χ4n) is 3.95. The molecule has 1 unspecified atom stereocenters. The molecule has 1 atom stereocenters. The molecule has 0 aliphatic carbocycles. The standard InChI is InChI=1S/C22H27N5O/c1-22(2,3)26-13-7-9-17(15-26)27-19-11-5-4-10-18(19)24-21(27)25-20(28)16-8-6-12-23-14-16/h4-6,8,10-12,14,17H,7,9,13,15H2,1-3H3,(H,24,25,28). The highest BCUT2D eigenvalue weighted by atomic mass is 16.1. The maximum Gasteiger partial charge on any atom is 0.259 e. The molecule has 146 valence electrons. The van der Waals surface area contributed by atoms with Gasteiger partial charge in [0, 0.05) is 30.5 Å². The summed E-state index contributed by atoms with van der Waals surface area (Å²) in [6.45, 7) is 8.81. The lowest BCUT2D eigenvalue weighted by Gasteiger charge is -2.42. The van der Waals surface area contributed by atoms with Crippen molar-refractivity contribution in [3.63, 3.8) is 0 Å². The number of imidazole rings is 1. The zero-order valence-electron chi connectivity index (χ0n) is 16.7. The second-order valence-electron chi connectivity index (χ2n) is 8.40. The van der Waals surface area contributed by atoms with Crippen LogP contribution >= 0.6 is 0 Å². The molecule has 1 saturated heterocycles. The molecule has 1 aromatic carbocycles. The molecule has 1 aliphatic rings. The van der Waals surface area contributed by atoms with Crippen molar-refractivity contribution in [1.29, 1.82) is 0 Å². The Morgan fingerprint density at radius 2 is 2.00 bits per heavy atom. The van der Waals surface area contributed by atoms with E-state index in [1.807, 2.05) is 18.2 Å². The van der Waals surface area contributed by atoms with Gasteiger partial charge in [0.2, 0.25) is 5.95 Å². The Bertz CT molecular complexity index is 974. The molecule has 6 heteroatoms. The summed E-state index contributed by atoms with van der Waals surface area (Å²) < 4.78 is 2.21. The minimum atomic E-state index is -0.187. The highest BCUT2D eigenvalue weighted by Gasteiger charge is 2.31. The molecule has 2 aromatic heterocycles. The van der Waals surface area contributed by atoms with E-state index < -0.39 is 0 Å². The maximum absolute atomic E-state index is 12.7. The maximum atomic E-state index is 12.7. The van der Waals surface area contributed by atoms with Crippen LogP contribution in [0.4, 0.5) is 5.95 Å². The second-order valence-corrected chi connectivity index (χ2v) is 8.40. The van der Waals surface area contributed by atoms with Gasteiger partial charge in [-0.25, -0.2) is 4.98 Å². The summed E-state index contributed by atoms with van der Waals surface area (Å²) in [7, 11) is 0. The SMILES string of the molecule is CC(C)(C)N1CCCC(n2c(NC(=O)c3cccnc3)nc3ccccc32)C1. The lowest BCUT2D eigenvalue weighted by molar-refractivity contribution is 0.0834. The summed E-state index contributed by atoms with van der Waals surface area (Å²) >= 11 is 0. The first-order valence-corrected chi connectivity index (χ1v) is 9.87. The lowest BCUT2D eigenvalue weighted by atomic mass is 9.98. The zero-order valence-corrected chi connectivity index (χ0v) is 16.7. The summed E-state index contributed by atoms with van der Waals surface area (Å²) in [5.74, 6) is 0.420. The number of nitrogens with zero attached hydrogens (tertiary/aromatic N) is 4. The average Bonchev–Trinajstić information content (AvgIpc) is 3.06. The Balaban J connectivity index is 1.70. The van der Waals surface area contributed by atoms with E-state index in [9.17, 15) is 4.79 Å². The van der Waals surface area contributed by atoms with Gasteiger partial charge in [0.1, 0.15) is 0 Å². The monoisotopic (exact) mass is 377 g/mol. The number of fused-ring (bicyclic) bond motifs is 1. The third-order valence-electron chi connectivity index (χ3n) is 5.46. The predicted molar refractivity (Wildman–Crippen MR) is 112 cm³/mol. The number of amides is 1. The number of likely N-dealkylation sites (tertiary alicyclic amines) is 1. The van der Waals surface area contributed by atoms with Crippen LogP contribution < -0.4 is 5.32 Å². The zero-order chi connectivity index (χ0) is 19.7. The number of piperidine rings is 1. The van der Waals surface area contributed by atoms with E-state index in [4.69, 9.17) is 4.98 Å².